The smallest absolute Gasteiger partial charge is 0.240 e. The quantitative estimate of drug-likeness (QED) is 0.781. The monoisotopic (exact) mass is 239 g/mol. The molecule has 1 aromatic rings. The van der Waals surface area contributed by atoms with E-state index in [1.54, 1.807) is 0 Å². The van der Waals surface area contributed by atoms with Crippen LogP contribution in [0, 0.1) is 0 Å². The Hall–Kier alpha value is -0.940. The van der Waals surface area contributed by atoms with Crippen molar-refractivity contribution in [3.8, 4) is 0 Å². The Balaban J connectivity index is 1.77. The molecule has 1 aliphatic heterocycles. The summed E-state index contributed by atoms with van der Waals surface area (Å²) in [4.78, 5) is 6.49. The Morgan fingerprint density at radius 3 is 2.94 bits per heavy atom. The van der Waals surface area contributed by atoms with Gasteiger partial charge in [0.1, 0.15) is 0 Å². The van der Waals surface area contributed by atoms with Crippen molar-refractivity contribution in [1.82, 2.24) is 15.0 Å². The van der Waals surface area contributed by atoms with Crippen LogP contribution in [0.5, 0.6) is 0 Å². The van der Waals surface area contributed by atoms with Crippen molar-refractivity contribution < 1.29 is 9.26 Å². The van der Waals surface area contributed by atoms with Crippen LogP contribution in [-0.2, 0) is 17.7 Å². The second kappa shape index (κ2) is 6.12. The van der Waals surface area contributed by atoms with Crippen LogP contribution in [0.2, 0.25) is 0 Å². The van der Waals surface area contributed by atoms with Crippen LogP contribution < -0.4 is 0 Å². The van der Waals surface area contributed by atoms with Crippen LogP contribution in [0.25, 0.3) is 0 Å². The average Bonchev–Trinajstić information content (AvgIpc) is 2.78. The fraction of sp³-hybridized carbons (Fsp3) is 0.833. The number of aromatic nitrogens is 2. The first-order valence-electron chi connectivity index (χ1n) is 6.39. The normalized spacial score (nSPS) is 21.0. The van der Waals surface area contributed by atoms with E-state index in [1.165, 1.54) is 12.8 Å². The molecule has 17 heavy (non-hydrogen) atoms. The van der Waals surface area contributed by atoms with Crippen LogP contribution in [0.15, 0.2) is 4.52 Å². The van der Waals surface area contributed by atoms with E-state index in [0.29, 0.717) is 18.5 Å². The van der Waals surface area contributed by atoms with E-state index in [4.69, 9.17) is 9.26 Å². The summed E-state index contributed by atoms with van der Waals surface area (Å²) in [6.45, 7) is 4.56. The van der Waals surface area contributed by atoms with E-state index >= 15 is 0 Å². The predicted octanol–water partition coefficient (Wildman–Crippen LogP) is 1.63. The van der Waals surface area contributed by atoms with E-state index in [-0.39, 0.29) is 0 Å². The van der Waals surface area contributed by atoms with Crippen LogP contribution in [0.1, 0.15) is 37.9 Å². The third kappa shape index (κ3) is 3.78. The van der Waals surface area contributed by atoms with Crippen LogP contribution in [0.4, 0.5) is 0 Å². The van der Waals surface area contributed by atoms with Crippen molar-refractivity contribution in [2.24, 2.45) is 0 Å². The van der Waals surface area contributed by atoms with Gasteiger partial charge in [-0.3, -0.25) is 4.90 Å². The number of ether oxygens (including phenoxy) is 1. The molecule has 1 saturated heterocycles. The second-order valence-corrected chi connectivity index (χ2v) is 4.64. The molecule has 2 heterocycles. The van der Waals surface area contributed by atoms with Crippen LogP contribution in [-0.4, -0.2) is 41.3 Å². The molecule has 1 fully saturated rings. The molecule has 96 valence electrons. The van der Waals surface area contributed by atoms with E-state index < -0.39 is 0 Å². The molecule has 1 atom stereocenters. The summed E-state index contributed by atoms with van der Waals surface area (Å²) in [6, 6.07) is 0. The van der Waals surface area contributed by atoms with Crippen molar-refractivity contribution >= 4 is 0 Å². The van der Waals surface area contributed by atoms with Gasteiger partial charge in [-0.25, -0.2) is 0 Å². The van der Waals surface area contributed by atoms with E-state index in [1.807, 2.05) is 6.92 Å². The van der Waals surface area contributed by atoms with Gasteiger partial charge in [0.15, 0.2) is 5.82 Å². The highest BCUT2D eigenvalue weighted by Crippen LogP contribution is 2.14. The minimum atomic E-state index is 0.363. The third-order valence-corrected chi connectivity index (χ3v) is 3.02. The van der Waals surface area contributed by atoms with E-state index in [2.05, 4.69) is 22.1 Å². The Morgan fingerprint density at radius 2 is 2.29 bits per heavy atom. The largest absolute Gasteiger partial charge is 0.377 e. The number of likely N-dealkylation sites (N-methyl/N-ethyl adjacent to an activating group) is 1. The molecule has 0 aromatic carbocycles. The molecule has 5 heteroatoms. The topological polar surface area (TPSA) is 51.4 Å². The maximum absolute atomic E-state index is 5.70. The second-order valence-electron chi connectivity index (χ2n) is 4.64. The fourth-order valence-corrected chi connectivity index (χ4v) is 2.09. The summed E-state index contributed by atoms with van der Waals surface area (Å²) >= 11 is 0. The Morgan fingerprint density at radius 1 is 1.41 bits per heavy atom. The van der Waals surface area contributed by atoms with E-state index in [9.17, 15) is 0 Å². The predicted molar refractivity (Wildman–Crippen MR) is 63.6 cm³/mol. The summed E-state index contributed by atoms with van der Waals surface area (Å²) in [5, 5.41) is 3.89. The lowest BCUT2D eigenvalue weighted by Gasteiger charge is -2.26. The molecular weight excluding hydrogens is 218 g/mol. The highest BCUT2D eigenvalue weighted by molar-refractivity contribution is 4.85. The Bertz CT molecular complexity index is 334. The minimum absolute atomic E-state index is 0.363. The number of aryl methyl sites for hydroxylation is 1. The zero-order valence-corrected chi connectivity index (χ0v) is 10.7. The highest BCUT2D eigenvalue weighted by atomic mass is 16.5. The summed E-state index contributed by atoms with van der Waals surface area (Å²) < 4.78 is 10.9. The first-order valence-corrected chi connectivity index (χ1v) is 6.39. The molecule has 0 N–H and O–H groups in total. The van der Waals surface area contributed by atoms with Crippen LogP contribution in [0.3, 0.4) is 0 Å². The molecule has 1 unspecified atom stereocenters. The number of hydrogen-bond acceptors (Lipinski definition) is 5. The van der Waals surface area contributed by atoms with Gasteiger partial charge >= 0.3 is 0 Å². The molecular formula is C12H21N3O2. The SMILES string of the molecule is CCc1noc(CN(C)CC2CCCCO2)n1. The highest BCUT2D eigenvalue weighted by Gasteiger charge is 2.17. The molecule has 5 nitrogen and oxygen atoms in total. The lowest BCUT2D eigenvalue weighted by molar-refractivity contribution is -0.00382. The third-order valence-electron chi connectivity index (χ3n) is 3.02. The maximum atomic E-state index is 5.70. The van der Waals surface area contributed by atoms with E-state index in [0.717, 1.165) is 31.8 Å². The average molecular weight is 239 g/mol. The molecule has 0 spiro atoms. The van der Waals surface area contributed by atoms with Gasteiger partial charge in [-0.2, -0.15) is 4.98 Å². The Kier molecular flexibility index (Phi) is 4.50. The number of nitrogens with zero attached hydrogens (tertiary/aromatic N) is 3. The molecule has 2 rings (SSSR count). The zero-order valence-electron chi connectivity index (χ0n) is 10.7. The van der Waals surface area contributed by atoms with Crippen LogP contribution >= 0.6 is 0 Å². The fourth-order valence-electron chi connectivity index (χ4n) is 2.09. The van der Waals surface area contributed by atoms with Crippen molar-refractivity contribution in [2.45, 2.75) is 45.3 Å². The van der Waals surface area contributed by atoms with Crippen molar-refractivity contribution in [3.63, 3.8) is 0 Å². The lowest BCUT2D eigenvalue weighted by Crippen LogP contribution is -2.33. The summed E-state index contributed by atoms with van der Waals surface area (Å²) in [5.74, 6) is 1.47. The van der Waals surface area contributed by atoms with Gasteiger partial charge in [-0.15, -0.1) is 0 Å². The number of hydrogen-bond donors (Lipinski definition) is 0. The van der Waals surface area contributed by atoms with Gasteiger partial charge in [0.2, 0.25) is 5.89 Å². The molecule has 0 saturated carbocycles. The van der Waals surface area contributed by atoms with Gasteiger partial charge in [-0.1, -0.05) is 12.1 Å². The maximum Gasteiger partial charge on any atom is 0.240 e. The van der Waals surface area contributed by atoms with Gasteiger partial charge in [-0.05, 0) is 26.3 Å². The Labute approximate surface area is 102 Å². The summed E-state index contributed by atoms with van der Waals surface area (Å²) in [7, 11) is 2.06. The van der Waals surface area contributed by atoms with Gasteiger partial charge in [0.25, 0.3) is 0 Å². The lowest BCUT2D eigenvalue weighted by atomic mass is 10.1. The molecule has 0 aliphatic carbocycles. The zero-order chi connectivity index (χ0) is 12.1. The molecule has 1 aromatic heterocycles. The summed E-state index contributed by atoms with van der Waals surface area (Å²) in [5.41, 5.74) is 0. The summed E-state index contributed by atoms with van der Waals surface area (Å²) in [6.07, 6.45) is 4.82. The van der Waals surface area contributed by atoms with Crippen molar-refractivity contribution in [2.75, 3.05) is 20.2 Å². The van der Waals surface area contributed by atoms with Crippen molar-refractivity contribution in [1.29, 1.82) is 0 Å². The first kappa shape index (κ1) is 12.5. The van der Waals surface area contributed by atoms with Gasteiger partial charge < -0.3 is 9.26 Å². The van der Waals surface area contributed by atoms with Gasteiger partial charge in [0, 0.05) is 19.6 Å². The standard InChI is InChI=1S/C12H21N3O2/c1-3-11-13-12(17-14-11)9-15(2)8-10-6-4-5-7-16-10/h10H,3-9H2,1-2H3. The molecule has 0 amide bonds. The minimum Gasteiger partial charge on any atom is -0.377 e. The number of rotatable bonds is 5. The van der Waals surface area contributed by atoms with Crippen molar-refractivity contribution in [3.05, 3.63) is 11.7 Å². The first-order chi connectivity index (χ1) is 8.28. The molecule has 1 aliphatic rings. The molecule has 0 radical (unpaired) electrons. The molecule has 0 bridgehead atoms. The van der Waals surface area contributed by atoms with Gasteiger partial charge in [0.05, 0.1) is 12.6 Å².